The third-order valence-electron chi connectivity index (χ3n) is 3.70. The molecule has 18 heavy (non-hydrogen) atoms. The first-order chi connectivity index (χ1) is 8.63. The second kappa shape index (κ2) is 4.12. The lowest BCUT2D eigenvalue weighted by Crippen LogP contribution is -2.30. The van der Waals surface area contributed by atoms with Crippen LogP contribution >= 0.6 is 0 Å². The van der Waals surface area contributed by atoms with Crippen LogP contribution in [-0.2, 0) is 4.79 Å². The van der Waals surface area contributed by atoms with Crippen molar-refractivity contribution in [3.8, 4) is 0 Å². The van der Waals surface area contributed by atoms with Gasteiger partial charge in [0, 0.05) is 31.3 Å². The van der Waals surface area contributed by atoms with Crippen LogP contribution in [0.5, 0.6) is 0 Å². The summed E-state index contributed by atoms with van der Waals surface area (Å²) in [4.78, 5) is 25.2. The smallest absolute Gasteiger partial charge is 0.253 e. The highest BCUT2D eigenvalue weighted by Gasteiger charge is 2.46. The number of anilines is 1. The van der Waals surface area contributed by atoms with Gasteiger partial charge in [0.15, 0.2) is 0 Å². The van der Waals surface area contributed by atoms with Crippen LogP contribution in [0.4, 0.5) is 5.69 Å². The number of benzene rings is 1. The van der Waals surface area contributed by atoms with E-state index in [9.17, 15) is 9.59 Å². The summed E-state index contributed by atoms with van der Waals surface area (Å²) in [6, 6.07) is 7.14. The fourth-order valence-electron chi connectivity index (χ4n) is 2.68. The molecule has 2 atom stereocenters. The van der Waals surface area contributed by atoms with Crippen molar-refractivity contribution in [3.63, 3.8) is 0 Å². The molecule has 3 rings (SSSR count). The fourth-order valence-corrected chi connectivity index (χ4v) is 2.68. The molecule has 1 saturated carbocycles. The Morgan fingerprint density at radius 2 is 2.00 bits per heavy atom. The summed E-state index contributed by atoms with van der Waals surface area (Å²) in [5.74, 6) is 1.44. The number of fused-ring (bicyclic) bond motifs is 1. The van der Waals surface area contributed by atoms with E-state index < -0.39 is 0 Å². The van der Waals surface area contributed by atoms with Crippen molar-refractivity contribution in [2.45, 2.75) is 13.3 Å². The van der Waals surface area contributed by atoms with E-state index in [0.29, 0.717) is 11.3 Å². The van der Waals surface area contributed by atoms with Crippen molar-refractivity contribution >= 4 is 17.5 Å². The largest absolute Gasteiger partial charge is 0.338 e. The van der Waals surface area contributed by atoms with Crippen molar-refractivity contribution in [1.29, 1.82) is 0 Å². The molecular weight excluding hydrogens is 228 g/mol. The third-order valence-corrected chi connectivity index (χ3v) is 3.70. The molecule has 1 saturated heterocycles. The average Bonchev–Trinajstić information content (AvgIpc) is 2.95. The van der Waals surface area contributed by atoms with Gasteiger partial charge in [-0.1, -0.05) is 6.07 Å². The highest BCUT2D eigenvalue weighted by atomic mass is 16.2. The predicted octanol–water partition coefficient (Wildman–Crippen LogP) is 1.74. The minimum atomic E-state index is -0.123. The van der Waals surface area contributed by atoms with E-state index in [2.05, 4.69) is 5.32 Å². The van der Waals surface area contributed by atoms with Gasteiger partial charge < -0.3 is 10.2 Å². The van der Waals surface area contributed by atoms with E-state index in [1.165, 1.54) is 13.3 Å². The van der Waals surface area contributed by atoms with Crippen LogP contribution in [0, 0.1) is 11.8 Å². The quantitative estimate of drug-likeness (QED) is 0.861. The van der Waals surface area contributed by atoms with E-state index in [1.807, 2.05) is 4.90 Å². The Morgan fingerprint density at radius 1 is 1.28 bits per heavy atom. The zero-order valence-electron chi connectivity index (χ0n) is 10.3. The fraction of sp³-hybridized carbons (Fsp3) is 0.429. The molecule has 4 heteroatoms. The lowest BCUT2D eigenvalue weighted by Gasteiger charge is -2.18. The molecule has 1 aromatic rings. The predicted molar refractivity (Wildman–Crippen MR) is 68.2 cm³/mol. The maximum atomic E-state index is 12.3. The number of piperidine rings is 1. The van der Waals surface area contributed by atoms with Crippen LogP contribution in [0.2, 0.25) is 0 Å². The van der Waals surface area contributed by atoms with Gasteiger partial charge in [-0.05, 0) is 36.5 Å². The highest BCUT2D eigenvalue weighted by Crippen LogP contribution is 2.45. The van der Waals surface area contributed by atoms with Crippen molar-refractivity contribution in [3.05, 3.63) is 29.8 Å². The van der Waals surface area contributed by atoms with E-state index in [4.69, 9.17) is 0 Å². The first-order valence-electron chi connectivity index (χ1n) is 6.30. The highest BCUT2D eigenvalue weighted by molar-refractivity contribution is 5.97. The Morgan fingerprint density at radius 3 is 2.67 bits per heavy atom. The molecule has 2 aliphatic rings. The average molecular weight is 244 g/mol. The second-order valence-electron chi connectivity index (χ2n) is 5.23. The lowest BCUT2D eigenvalue weighted by atomic mass is 10.1. The summed E-state index contributed by atoms with van der Waals surface area (Å²) in [6.45, 7) is 3.25. The molecule has 1 N–H and O–H groups in total. The van der Waals surface area contributed by atoms with E-state index in [1.54, 1.807) is 24.3 Å². The molecule has 1 heterocycles. The van der Waals surface area contributed by atoms with Gasteiger partial charge in [-0.15, -0.1) is 0 Å². The number of amides is 2. The number of carbonyl (C=O) groups excluding carboxylic acids is 2. The molecule has 0 bridgehead atoms. The van der Waals surface area contributed by atoms with E-state index in [-0.39, 0.29) is 11.8 Å². The van der Waals surface area contributed by atoms with Crippen molar-refractivity contribution < 1.29 is 9.59 Å². The number of carbonyl (C=O) groups is 2. The summed E-state index contributed by atoms with van der Waals surface area (Å²) >= 11 is 0. The Hall–Kier alpha value is -1.84. The molecule has 2 unspecified atom stereocenters. The van der Waals surface area contributed by atoms with Gasteiger partial charge >= 0.3 is 0 Å². The van der Waals surface area contributed by atoms with Gasteiger partial charge in [-0.3, -0.25) is 9.59 Å². The van der Waals surface area contributed by atoms with Crippen molar-refractivity contribution in [1.82, 2.24) is 4.90 Å². The van der Waals surface area contributed by atoms with Gasteiger partial charge in [-0.2, -0.15) is 0 Å². The van der Waals surface area contributed by atoms with Crippen LogP contribution in [-0.4, -0.2) is 29.8 Å². The number of likely N-dealkylation sites (tertiary alicyclic amines) is 1. The first kappa shape index (κ1) is 11.3. The summed E-state index contributed by atoms with van der Waals surface area (Å²) in [6.07, 6.45) is 1.29. The molecule has 94 valence electrons. The number of nitrogens with one attached hydrogen (secondary N) is 1. The lowest BCUT2D eigenvalue weighted by molar-refractivity contribution is -0.114. The second-order valence-corrected chi connectivity index (χ2v) is 5.23. The minimum absolute atomic E-state index is 0.0782. The Kier molecular flexibility index (Phi) is 2.58. The Labute approximate surface area is 106 Å². The molecule has 0 radical (unpaired) electrons. The first-order valence-corrected chi connectivity index (χ1v) is 6.30. The molecular formula is C14H16N2O2. The molecule has 4 nitrogen and oxygen atoms in total. The normalized spacial score (nSPS) is 24.6. The maximum absolute atomic E-state index is 12.3. The standard InChI is InChI=1S/C14H16N2O2/c1-9(17)15-13-4-2-3-10(6-13)14(18)16-7-11-5-12(11)8-16/h2-4,6,11-12H,5,7-8H2,1H3,(H,15,17). The molecule has 1 aliphatic heterocycles. The van der Waals surface area contributed by atoms with Gasteiger partial charge in [-0.25, -0.2) is 0 Å². The Balaban J connectivity index is 1.74. The van der Waals surface area contributed by atoms with Crippen LogP contribution in [0.1, 0.15) is 23.7 Å². The maximum Gasteiger partial charge on any atom is 0.253 e. The number of nitrogens with zero attached hydrogens (tertiary/aromatic N) is 1. The topological polar surface area (TPSA) is 49.4 Å². The van der Waals surface area contributed by atoms with Gasteiger partial charge in [0.25, 0.3) is 5.91 Å². The van der Waals surface area contributed by atoms with Gasteiger partial charge in [0.05, 0.1) is 0 Å². The summed E-state index contributed by atoms with van der Waals surface area (Å²) < 4.78 is 0. The monoisotopic (exact) mass is 244 g/mol. The van der Waals surface area contributed by atoms with Crippen LogP contribution in [0.25, 0.3) is 0 Å². The molecule has 2 amide bonds. The molecule has 1 aromatic carbocycles. The number of rotatable bonds is 2. The van der Waals surface area contributed by atoms with Crippen LogP contribution < -0.4 is 5.32 Å². The van der Waals surface area contributed by atoms with Gasteiger partial charge in [0.1, 0.15) is 0 Å². The third kappa shape index (κ3) is 2.10. The zero-order valence-corrected chi connectivity index (χ0v) is 10.3. The molecule has 0 aromatic heterocycles. The number of hydrogen-bond acceptors (Lipinski definition) is 2. The van der Waals surface area contributed by atoms with E-state index in [0.717, 1.165) is 24.9 Å². The van der Waals surface area contributed by atoms with Crippen LogP contribution in [0.15, 0.2) is 24.3 Å². The minimum Gasteiger partial charge on any atom is -0.338 e. The zero-order chi connectivity index (χ0) is 12.7. The summed E-state index contributed by atoms with van der Waals surface area (Å²) in [5, 5.41) is 2.70. The molecule has 2 fully saturated rings. The summed E-state index contributed by atoms with van der Waals surface area (Å²) in [7, 11) is 0. The van der Waals surface area contributed by atoms with Crippen LogP contribution in [0.3, 0.4) is 0 Å². The van der Waals surface area contributed by atoms with Crippen molar-refractivity contribution in [2.24, 2.45) is 11.8 Å². The van der Waals surface area contributed by atoms with E-state index >= 15 is 0 Å². The molecule has 1 aliphatic carbocycles. The summed E-state index contributed by atoms with van der Waals surface area (Å²) in [5.41, 5.74) is 1.33. The SMILES string of the molecule is CC(=O)Nc1cccc(C(=O)N2CC3CC3C2)c1. The van der Waals surface area contributed by atoms with Crippen molar-refractivity contribution in [2.75, 3.05) is 18.4 Å². The molecule has 0 spiro atoms. The number of hydrogen-bond donors (Lipinski definition) is 1. The van der Waals surface area contributed by atoms with Gasteiger partial charge in [0.2, 0.25) is 5.91 Å². The Bertz CT molecular complexity index is 502.